The lowest BCUT2D eigenvalue weighted by Crippen LogP contribution is -2.45. The van der Waals surface area contributed by atoms with Crippen LogP contribution in [-0.2, 0) is 19.4 Å². The van der Waals surface area contributed by atoms with Crippen molar-refractivity contribution in [3.8, 4) is 0 Å². The molecule has 5 heteroatoms. The van der Waals surface area contributed by atoms with Crippen molar-refractivity contribution >= 4 is 28.6 Å². The fraction of sp³-hybridized carbons (Fsp3) is 0.320. The molecule has 2 aromatic carbocycles. The number of carbonyl (C=O) groups is 1. The number of hydrogen-bond acceptors (Lipinski definition) is 4. The number of hydrogen-bond donors (Lipinski definition) is 1. The number of benzene rings is 2. The molecule has 0 unspecified atom stereocenters. The van der Waals surface area contributed by atoms with Crippen LogP contribution in [-0.4, -0.2) is 37.0 Å². The molecule has 30 heavy (non-hydrogen) atoms. The van der Waals surface area contributed by atoms with Crippen LogP contribution in [0.1, 0.15) is 32.1 Å². The number of rotatable bonds is 5. The van der Waals surface area contributed by atoms with Crippen LogP contribution >= 0.6 is 11.3 Å². The number of nitrogens with zero attached hydrogens (tertiary/aromatic N) is 2. The minimum absolute atomic E-state index is 0.0108. The van der Waals surface area contributed by atoms with Gasteiger partial charge in [0, 0.05) is 49.0 Å². The van der Waals surface area contributed by atoms with E-state index in [1.165, 1.54) is 28.1 Å². The monoisotopic (exact) mass is 417 g/mol. The largest absolute Gasteiger partial charge is 0.369 e. The predicted octanol–water partition coefficient (Wildman–Crippen LogP) is 4.81. The lowest BCUT2D eigenvalue weighted by molar-refractivity contribution is 0.103. The quantitative estimate of drug-likeness (QED) is 0.647. The lowest BCUT2D eigenvalue weighted by atomic mass is 10.2. The fourth-order valence-electron chi connectivity index (χ4n) is 4.40. The van der Waals surface area contributed by atoms with E-state index >= 15 is 0 Å². The molecular formula is C25H27N3OS. The van der Waals surface area contributed by atoms with E-state index < -0.39 is 0 Å². The van der Waals surface area contributed by atoms with Gasteiger partial charge in [-0.15, -0.1) is 11.3 Å². The molecule has 1 aliphatic heterocycles. The zero-order valence-corrected chi connectivity index (χ0v) is 18.0. The van der Waals surface area contributed by atoms with E-state index in [1.807, 2.05) is 12.1 Å². The first-order valence-corrected chi connectivity index (χ1v) is 11.6. The van der Waals surface area contributed by atoms with Crippen molar-refractivity contribution in [3.63, 3.8) is 0 Å². The smallest absolute Gasteiger partial charge is 0.265 e. The Bertz CT molecular complexity index is 983. The molecule has 1 fully saturated rings. The van der Waals surface area contributed by atoms with Gasteiger partial charge in [-0.3, -0.25) is 9.69 Å². The molecule has 4 nitrogen and oxygen atoms in total. The van der Waals surface area contributed by atoms with Crippen LogP contribution in [0.15, 0.2) is 60.7 Å². The van der Waals surface area contributed by atoms with Gasteiger partial charge in [-0.2, -0.15) is 0 Å². The van der Waals surface area contributed by atoms with E-state index in [0.29, 0.717) is 0 Å². The van der Waals surface area contributed by atoms with Gasteiger partial charge in [-0.1, -0.05) is 30.3 Å². The minimum Gasteiger partial charge on any atom is -0.369 e. The average Bonchev–Trinajstić information content (AvgIpc) is 3.38. The Balaban J connectivity index is 1.15. The van der Waals surface area contributed by atoms with Crippen molar-refractivity contribution in [2.75, 3.05) is 36.4 Å². The Morgan fingerprint density at radius 1 is 0.933 bits per heavy atom. The number of anilines is 2. The summed E-state index contributed by atoms with van der Waals surface area (Å²) in [6.45, 7) is 5.21. The molecule has 0 radical (unpaired) electrons. The van der Waals surface area contributed by atoms with Gasteiger partial charge >= 0.3 is 0 Å². The Kier molecular flexibility index (Phi) is 5.56. The van der Waals surface area contributed by atoms with E-state index in [9.17, 15) is 4.79 Å². The lowest BCUT2D eigenvalue weighted by Gasteiger charge is -2.36. The van der Waals surface area contributed by atoms with Crippen molar-refractivity contribution in [2.45, 2.75) is 25.8 Å². The Morgan fingerprint density at radius 2 is 1.70 bits per heavy atom. The van der Waals surface area contributed by atoms with Gasteiger partial charge in [0.15, 0.2) is 0 Å². The molecule has 0 bridgehead atoms. The van der Waals surface area contributed by atoms with E-state index in [1.54, 1.807) is 11.3 Å². The third kappa shape index (κ3) is 4.27. The van der Waals surface area contributed by atoms with E-state index in [2.05, 4.69) is 63.6 Å². The molecule has 1 aliphatic carbocycles. The summed E-state index contributed by atoms with van der Waals surface area (Å²) in [7, 11) is 0. The van der Waals surface area contributed by atoms with Gasteiger partial charge in [-0.25, -0.2) is 0 Å². The second-order valence-electron chi connectivity index (χ2n) is 8.16. The first-order valence-electron chi connectivity index (χ1n) is 10.8. The van der Waals surface area contributed by atoms with Crippen molar-refractivity contribution in [2.24, 2.45) is 0 Å². The fourth-order valence-corrected chi connectivity index (χ4v) is 5.54. The number of piperazine rings is 1. The van der Waals surface area contributed by atoms with Crippen LogP contribution in [0.25, 0.3) is 0 Å². The Hall–Kier alpha value is -2.63. The number of amides is 1. The highest BCUT2D eigenvalue weighted by Crippen LogP contribution is 2.31. The minimum atomic E-state index is 0.0108. The summed E-state index contributed by atoms with van der Waals surface area (Å²) in [6.07, 6.45) is 3.47. The summed E-state index contributed by atoms with van der Waals surface area (Å²) >= 11 is 1.65. The molecule has 1 aromatic heterocycles. The number of thiophene rings is 1. The van der Waals surface area contributed by atoms with E-state index in [-0.39, 0.29) is 5.91 Å². The predicted molar refractivity (Wildman–Crippen MR) is 125 cm³/mol. The SMILES string of the molecule is O=C(Nc1ccc(N2CCN(Cc3ccccc3)CC2)cc1)c1cc2c(s1)CCC2. The number of aryl methyl sites for hydroxylation is 2. The highest BCUT2D eigenvalue weighted by molar-refractivity contribution is 7.14. The molecule has 1 N–H and O–H groups in total. The summed E-state index contributed by atoms with van der Waals surface area (Å²) in [5.74, 6) is 0.0108. The molecule has 0 atom stereocenters. The highest BCUT2D eigenvalue weighted by Gasteiger charge is 2.19. The molecule has 2 aliphatic rings. The molecule has 3 aromatic rings. The molecule has 154 valence electrons. The average molecular weight is 418 g/mol. The van der Waals surface area contributed by atoms with Crippen molar-refractivity contribution in [3.05, 3.63) is 81.5 Å². The van der Waals surface area contributed by atoms with Crippen LogP contribution in [0.5, 0.6) is 0 Å². The molecule has 5 rings (SSSR count). The topological polar surface area (TPSA) is 35.6 Å². The molecule has 1 amide bonds. The molecule has 1 saturated heterocycles. The molecule has 0 spiro atoms. The number of carbonyl (C=O) groups excluding carboxylic acids is 1. The van der Waals surface area contributed by atoms with E-state index in [4.69, 9.17) is 0 Å². The molecule has 2 heterocycles. The second kappa shape index (κ2) is 8.62. The maximum Gasteiger partial charge on any atom is 0.265 e. The third-order valence-corrected chi connectivity index (χ3v) is 7.32. The highest BCUT2D eigenvalue weighted by atomic mass is 32.1. The maximum atomic E-state index is 12.6. The summed E-state index contributed by atoms with van der Waals surface area (Å²) in [4.78, 5) is 19.7. The summed E-state index contributed by atoms with van der Waals surface area (Å²) in [5, 5.41) is 3.06. The van der Waals surface area contributed by atoms with Gasteiger partial charge in [-0.05, 0) is 60.7 Å². The van der Waals surface area contributed by atoms with Gasteiger partial charge < -0.3 is 10.2 Å². The van der Waals surface area contributed by atoms with E-state index in [0.717, 1.165) is 56.1 Å². The van der Waals surface area contributed by atoms with Crippen molar-refractivity contribution in [1.82, 2.24) is 4.90 Å². The first kappa shape index (κ1) is 19.3. The van der Waals surface area contributed by atoms with Gasteiger partial charge in [0.25, 0.3) is 5.91 Å². The van der Waals surface area contributed by atoms with Gasteiger partial charge in [0.2, 0.25) is 0 Å². The molecular weight excluding hydrogens is 390 g/mol. The number of fused-ring (bicyclic) bond motifs is 1. The third-order valence-electron chi connectivity index (χ3n) is 6.08. The maximum absolute atomic E-state index is 12.6. The zero-order valence-electron chi connectivity index (χ0n) is 17.1. The summed E-state index contributed by atoms with van der Waals surface area (Å²) in [5.41, 5.74) is 4.83. The zero-order chi connectivity index (χ0) is 20.3. The van der Waals surface area contributed by atoms with Crippen molar-refractivity contribution < 1.29 is 4.79 Å². The van der Waals surface area contributed by atoms with Gasteiger partial charge in [0.1, 0.15) is 0 Å². The Morgan fingerprint density at radius 3 is 2.43 bits per heavy atom. The second-order valence-corrected chi connectivity index (χ2v) is 9.30. The van der Waals surface area contributed by atoms with Crippen LogP contribution in [0.3, 0.4) is 0 Å². The van der Waals surface area contributed by atoms with Crippen LogP contribution in [0, 0.1) is 0 Å². The first-order chi connectivity index (χ1) is 14.7. The Labute approximate surface area is 182 Å². The normalized spacial score (nSPS) is 16.5. The number of nitrogens with one attached hydrogen (secondary N) is 1. The summed E-state index contributed by atoms with van der Waals surface area (Å²) in [6, 6.07) is 21.0. The van der Waals surface area contributed by atoms with Crippen molar-refractivity contribution in [1.29, 1.82) is 0 Å². The van der Waals surface area contributed by atoms with Crippen LogP contribution in [0.4, 0.5) is 11.4 Å². The van der Waals surface area contributed by atoms with Crippen LogP contribution in [0.2, 0.25) is 0 Å². The summed E-state index contributed by atoms with van der Waals surface area (Å²) < 4.78 is 0. The van der Waals surface area contributed by atoms with Crippen LogP contribution < -0.4 is 10.2 Å². The molecule has 0 saturated carbocycles. The standard InChI is InChI=1S/C25H27N3OS/c29-25(24-17-20-7-4-8-23(20)30-24)26-21-9-11-22(12-10-21)28-15-13-27(14-16-28)18-19-5-2-1-3-6-19/h1-3,5-6,9-12,17H,4,7-8,13-16,18H2,(H,26,29). The van der Waals surface area contributed by atoms with Gasteiger partial charge in [0.05, 0.1) is 4.88 Å².